The Hall–Kier alpha value is -2.71. The van der Waals surface area contributed by atoms with E-state index in [4.69, 9.17) is 14.9 Å². The van der Waals surface area contributed by atoms with Crippen molar-refractivity contribution in [1.82, 2.24) is 9.80 Å². The molecular formula is C26H36N2O6. The summed E-state index contributed by atoms with van der Waals surface area (Å²) in [6.07, 6.45) is 9.86. The van der Waals surface area contributed by atoms with Crippen molar-refractivity contribution in [2.75, 3.05) is 26.7 Å². The first-order valence-electron chi connectivity index (χ1n) is 12.1. The molecule has 1 saturated carbocycles. The largest absolute Gasteiger partial charge is 0.478 e. The average molecular weight is 473 g/mol. The number of hydrogen-bond donors (Lipinski definition) is 2. The Morgan fingerprint density at radius 3 is 2.26 bits per heavy atom. The summed E-state index contributed by atoms with van der Waals surface area (Å²) < 4.78 is 6.23. The number of amides is 1. The molecule has 1 amide bonds. The van der Waals surface area contributed by atoms with E-state index in [2.05, 4.69) is 9.80 Å². The minimum absolute atomic E-state index is 0.0904. The molecule has 4 rings (SSSR count). The molecule has 34 heavy (non-hydrogen) atoms. The van der Waals surface area contributed by atoms with Crippen LogP contribution in [0.3, 0.4) is 0 Å². The smallest absolute Gasteiger partial charge is 0.328 e. The summed E-state index contributed by atoms with van der Waals surface area (Å²) >= 11 is 0. The fourth-order valence-electron chi connectivity index (χ4n) is 5.46. The molecule has 2 heterocycles. The second-order valence-corrected chi connectivity index (χ2v) is 9.43. The summed E-state index contributed by atoms with van der Waals surface area (Å²) in [5, 5.41) is 15.6. The van der Waals surface area contributed by atoms with E-state index in [1.165, 1.54) is 38.8 Å². The first-order chi connectivity index (χ1) is 16.3. The van der Waals surface area contributed by atoms with Crippen LogP contribution in [0.15, 0.2) is 42.5 Å². The maximum absolute atomic E-state index is 13.0. The van der Waals surface area contributed by atoms with Crippen LogP contribution in [0.25, 0.3) is 0 Å². The number of carboxylic acid groups (broad SMARTS) is 2. The molecule has 0 radical (unpaired) electrons. The third kappa shape index (κ3) is 7.14. The van der Waals surface area contributed by atoms with Crippen LogP contribution in [0.2, 0.25) is 0 Å². The van der Waals surface area contributed by atoms with Crippen LogP contribution in [-0.2, 0) is 25.5 Å². The SMILES string of the molecule is CN(C(=O)Cc1ccccc1)[C@H]1CC[C@@]2(CCCO2)C[C@@H]1N1CCCC1.O=C(O)/C=C\C(=O)O. The molecule has 1 aliphatic carbocycles. The summed E-state index contributed by atoms with van der Waals surface area (Å²) in [6.45, 7) is 3.27. The molecule has 3 atom stereocenters. The van der Waals surface area contributed by atoms with Crippen molar-refractivity contribution in [3.8, 4) is 0 Å². The highest BCUT2D eigenvalue weighted by molar-refractivity contribution is 5.89. The molecule has 1 aromatic carbocycles. The molecule has 8 nitrogen and oxygen atoms in total. The standard InChI is InChI=1S/C22H32N2O2.C4H4O4/c1-23(21(25)16-18-8-3-2-4-9-18)19-10-12-22(11-7-15-26-22)17-20(19)24-13-5-6-14-24;5-3(6)1-2-4(7)8/h2-4,8-9,19-20H,5-7,10-17H2,1H3;1-2H,(H,5,6)(H,7,8)/b;2-1-/t19-,20-,22-;/m0./s1. The maximum Gasteiger partial charge on any atom is 0.328 e. The first kappa shape index (κ1) is 25.9. The van der Waals surface area contributed by atoms with Gasteiger partial charge in [0, 0.05) is 37.9 Å². The highest BCUT2D eigenvalue weighted by Gasteiger charge is 2.47. The molecule has 1 aromatic rings. The number of hydrogen-bond acceptors (Lipinski definition) is 5. The average Bonchev–Trinajstić information content (AvgIpc) is 3.51. The number of benzene rings is 1. The number of likely N-dealkylation sites (N-methyl/N-ethyl adjacent to an activating group) is 1. The zero-order valence-electron chi connectivity index (χ0n) is 19.9. The fraction of sp³-hybridized carbons (Fsp3) is 0.577. The minimum Gasteiger partial charge on any atom is -0.478 e. The monoisotopic (exact) mass is 472 g/mol. The van der Waals surface area contributed by atoms with Crippen molar-refractivity contribution in [3.63, 3.8) is 0 Å². The highest BCUT2D eigenvalue weighted by Crippen LogP contribution is 2.42. The topological polar surface area (TPSA) is 107 Å². The van der Waals surface area contributed by atoms with Gasteiger partial charge in [-0.2, -0.15) is 0 Å². The van der Waals surface area contributed by atoms with Gasteiger partial charge in [-0.05, 0) is 63.6 Å². The highest BCUT2D eigenvalue weighted by atomic mass is 16.5. The maximum atomic E-state index is 13.0. The van der Waals surface area contributed by atoms with Crippen molar-refractivity contribution < 1.29 is 29.3 Å². The number of carboxylic acids is 2. The van der Waals surface area contributed by atoms with Crippen LogP contribution >= 0.6 is 0 Å². The second kappa shape index (κ2) is 12.1. The molecule has 8 heteroatoms. The van der Waals surface area contributed by atoms with Gasteiger partial charge in [0.25, 0.3) is 0 Å². The normalized spacial score (nSPS) is 26.9. The third-order valence-electron chi connectivity index (χ3n) is 7.17. The fourth-order valence-corrected chi connectivity index (χ4v) is 5.46. The van der Waals surface area contributed by atoms with E-state index in [1.807, 2.05) is 37.4 Å². The van der Waals surface area contributed by atoms with Gasteiger partial charge < -0.3 is 19.8 Å². The van der Waals surface area contributed by atoms with E-state index >= 15 is 0 Å². The van der Waals surface area contributed by atoms with Crippen molar-refractivity contribution in [1.29, 1.82) is 0 Å². The van der Waals surface area contributed by atoms with Gasteiger partial charge >= 0.3 is 11.9 Å². The Labute approximate surface area is 201 Å². The van der Waals surface area contributed by atoms with E-state index in [9.17, 15) is 14.4 Å². The van der Waals surface area contributed by atoms with Crippen LogP contribution in [0.4, 0.5) is 0 Å². The molecule has 0 unspecified atom stereocenters. The lowest BCUT2D eigenvalue weighted by molar-refractivity contribution is -0.137. The molecule has 2 aliphatic heterocycles. The van der Waals surface area contributed by atoms with Gasteiger partial charge in [-0.15, -0.1) is 0 Å². The van der Waals surface area contributed by atoms with Gasteiger partial charge in [0.05, 0.1) is 12.0 Å². The molecule has 0 aromatic heterocycles. The van der Waals surface area contributed by atoms with Crippen LogP contribution in [0, 0.1) is 0 Å². The number of aliphatic carboxylic acids is 2. The lowest BCUT2D eigenvalue weighted by Crippen LogP contribution is -2.58. The number of nitrogens with zero attached hydrogens (tertiary/aromatic N) is 2. The molecule has 3 aliphatic rings. The van der Waals surface area contributed by atoms with Crippen molar-refractivity contribution in [3.05, 3.63) is 48.0 Å². The quantitative estimate of drug-likeness (QED) is 0.613. The van der Waals surface area contributed by atoms with Crippen molar-refractivity contribution >= 4 is 17.8 Å². The van der Waals surface area contributed by atoms with Crippen molar-refractivity contribution in [2.24, 2.45) is 0 Å². The van der Waals surface area contributed by atoms with Crippen LogP contribution in [-0.4, -0.2) is 82.3 Å². The molecular weight excluding hydrogens is 436 g/mol. The molecule has 1 spiro atoms. The van der Waals surface area contributed by atoms with Crippen LogP contribution in [0.5, 0.6) is 0 Å². The van der Waals surface area contributed by atoms with Crippen molar-refractivity contribution in [2.45, 2.75) is 69.1 Å². The Morgan fingerprint density at radius 1 is 1.06 bits per heavy atom. The molecule has 3 fully saturated rings. The Balaban J connectivity index is 0.000000350. The Morgan fingerprint density at radius 2 is 1.71 bits per heavy atom. The summed E-state index contributed by atoms with van der Waals surface area (Å²) in [6, 6.07) is 10.9. The van der Waals surface area contributed by atoms with E-state index in [-0.39, 0.29) is 11.5 Å². The zero-order valence-corrected chi connectivity index (χ0v) is 19.9. The van der Waals surface area contributed by atoms with Gasteiger partial charge in [-0.1, -0.05) is 30.3 Å². The Bertz CT molecular complexity index is 843. The number of rotatable bonds is 6. The minimum atomic E-state index is -1.26. The van der Waals surface area contributed by atoms with Gasteiger partial charge in [0.15, 0.2) is 0 Å². The van der Waals surface area contributed by atoms with Gasteiger partial charge in [-0.3, -0.25) is 9.69 Å². The van der Waals surface area contributed by atoms with Crippen LogP contribution < -0.4 is 0 Å². The summed E-state index contributed by atoms with van der Waals surface area (Å²) in [5.41, 5.74) is 1.20. The first-order valence-corrected chi connectivity index (χ1v) is 12.1. The summed E-state index contributed by atoms with van der Waals surface area (Å²) in [7, 11) is 2.02. The number of likely N-dealkylation sites (tertiary alicyclic amines) is 1. The molecule has 2 saturated heterocycles. The number of carbonyl (C=O) groups excluding carboxylic acids is 1. The lowest BCUT2D eigenvalue weighted by Gasteiger charge is -2.48. The Kier molecular flexibility index (Phi) is 9.24. The zero-order chi connectivity index (χ0) is 24.6. The number of carbonyl (C=O) groups is 3. The molecule has 186 valence electrons. The summed E-state index contributed by atoms with van der Waals surface area (Å²) in [5.74, 6) is -2.27. The molecule has 0 bridgehead atoms. The summed E-state index contributed by atoms with van der Waals surface area (Å²) in [4.78, 5) is 36.8. The van der Waals surface area contributed by atoms with Gasteiger partial charge in [-0.25, -0.2) is 9.59 Å². The predicted molar refractivity (Wildman–Crippen MR) is 127 cm³/mol. The lowest BCUT2D eigenvalue weighted by atomic mass is 9.76. The van der Waals surface area contributed by atoms with E-state index in [0.29, 0.717) is 30.7 Å². The molecule has 2 N–H and O–H groups in total. The second-order valence-electron chi connectivity index (χ2n) is 9.43. The predicted octanol–water partition coefficient (Wildman–Crippen LogP) is 2.97. The number of ether oxygens (including phenoxy) is 1. The van der Waals surface area contributed by atoms with E-state index in [1.54, 1.807) is 0 Å². The van der Waals surface area contributed by atoms with Crippen LogP contribution in [0.1, 0.15) is 50.5 Å². The van der Waals surface area contributed by atoms with E-state index in [0.717, 1.165) is 31.4 Å². The van der Waals surface area contributed by atoms with E-state index < -0.39 is 11.9 Å². The van der Waals surface area contributed by atoms with Gasteiger partial charge in [0.1, 0.15) is 0 Å². The third-order valence-corrected chi connectivity index (χ3v) is 7.17. The van der Waals surface area contributed by atoms with Gasteiger partial charge in [0.2, 0.25) is 5.91 Å².